The Morgan fingerprint density at radius 2 is 2.03 bits per heavy atom. The highest BCUT2D eigenvalue weighted by molar-refractivity contribution is 6.31. The third-order valence-corrected chi connectivity index (χ3v) is 6.84. The standard InChI is InChI=1S/C27H25Cl2FN2O3/c28-13-1-15-34-20-7-2-17(3-8-20)26-25-22(23-16-18(29)4-11-24(23)31-25)12-14-32(26)27(33)35-21-9-5-19(30)6-10-21/h2-9,11,16,21,26,31H,1,10,12-15H2. The molecule has 1 aliphatic heterocycles. The molecule has 5 rings (SSSR count). The Kier molecular flexibility index (Phi) is 7.02. The fourth-order valence-electron chi connectivity index (χ4n) is 4.65. The fraction of sp³-hybridized carbons (Fsp3) is 0.296. The van der Waals surface area contributed by atoms with E-state index in [-0.39, 0.29) is 11.9 Å². The molecule has 2 aliphatic rings. The van der Waals surface area contributed by atoms with Gasteiger partial charge in [-0.05, 0) is 72.5 Å². The number of benzene rings is 2. The topological polar surface area (TPSA) is 54.6 Å². The van der Waals surface area contributed by atoms with E-state index in [0.29, 0.717) is 36.9 Å². The normalized spacial score (nSPS) is 19.4. The highest BCUT2D eigenvalue weighted by Gasteiger charge is 2.36. The average molecular weight is 515 g/mol. The van der Waals surface area contributed by atoms with Crippen LogP contribution < -0.4 is 4.74 Å². The summed E-state index contributed by atoms with van der Waals surface area (Å²) >= 11 is 12.0. The molecular weight excluding hydrogens is 490 g/mol. The molecule has 0 saturated heterocycles. The number of allylic oxidation sites excluding steroid dienone is 2. The molecule has 0 saturated carbocycles. The Morgan fingerprint density at radius 1 is 1.20 bits per heavy atom. The van der Waals surface area contributed by atoms with Crippen LogP contribution in [-0.2, 0) is 11.2 Å². The Bertz CT molecular complexity index is 1290. The van der Waals surface area contributed by atoms with E-state index in [1.807, 2.05) is 42.5 Å². The van der Waals surface area contributed by atoms with Crippen LogP contribution in [0.25, 0.3) is 10.9 Å². The second-order valence-electron chi connectivity index (χ2n) is 8.62. The molecule has 1 aliphatic carbocycles. The van der Waals surface area contributed by atoms with E-state index in [1.165, 1.54) is 12.2 Å². The van der Waals surface area contributed by atoms with E-state index >= 15 is 0 Å². The summed E-state index contributed by atoms with van der Waals surface area (Å²) in [7, 11) is 0. The van der Waals surface area contributed by atoms with Crippen LogP contribution in [0.3, 0.4) is 0 Å². The molecule has 1 N–H and O–H groups in total. The largest absolute Gasteiger partial charge is 0.494 e. The number of rotatable bonds is 6. The van der Waals surface area contributed by atoms with Gasteiger partial charge in [-0.2, -0.15) is 0 Å². The molecule has 3 aromatic rings. The first-order valence-electron chi connectivity index (χ1n) is 11.6. The third kappa shape index (κ3) is 5.04. The van der Waals surface area contributed by atoms with Crippen molar-refractivity contribution in [3.05, 3.63) is 88.4 Å². The van der Waals surface area contributed by atoms with Crippen molar-refractivity contribution in [3.63, 3.8) is 0 Å². The fourth-order valence-corrected chi connectivity index (χ4v) is 4.94. The van der Waals surface area contributed by atoms with Crippen molar-refractivity contribution in [1.29, 1.82) is 0 Å². The number of ether oxygens (including phenoxy) is 2. The van der Waals surface area contributed by atoms with Gasteiger partial charge in [-0.3, -0.25) is 4.90 Å². The molecule has 2 heterocycles. The van der Waals surface area contributed by atoms with Gasteiger partial charge in [-0.15, -0.1) is 11.6 Å². The predicted octanol–water partition coefficient (Wildman–Crippen LogP) is 7.10. The van der Waals surface area contributed by atoms with Crippen LogP contribution in [0.5, 0.6) is 5.75 Å². The summed E-state index contributed by atoms with van der Waals surface area (Å²) in [6.45, 7) is 1.02. The number of nitrogens with one attached hydrogen (secondary N) is 1. The highest BCUT2D eigenvalue weighted by atomic mass is 35.5. The minimum atomic E-state index is -0.497. The summed E-state index contributed by atoms with van der Waals surface area (Å²) in [6, 6.07) is 13.1. The van der Waals surface area contributed by atoms with Crippen LogP contribution in [0.2, 0.25) is 5.02 Å². The number of H-pyrrole nitrogens is 1. The van der Waals surface area contributed by atoms with Gasteiger partial charge in [0.1, 0.15) is 23.7 Å². The van der Waals surface area contributed by atoms with Crippen LogP contribution in [0.1, 0.15) is 35.7 Å². The number of amides is 1. The van der Waals surface area contributed by atoms with Crippen molar-refractivity contribution in [1.82, 2.24) is 9.88 Å². The lowest BCUT2D eigenvalue weighted by Gasteiger charge is -2.36. The van der Waals surface area contributed by atoms with Gasteiger partial charge in [0.05, 0.1) is 6.61 Å². The quantitative estimate of drug-likeness (QED) is 0.282. The number of fused-ring (bicyclic) bond motifs is 3. The molecule has 35 heavy (non-hydrogen) atoms. The van der Waals surface area contributed by atoms with Crippen LogP contribution in [0.4, 0.5) is 9.18 Å². The Labute approximate surface area is 213 Å². The van der Waals surface area contributed by atoms with Crippen molar-refractivity contribution in [2.45, 2.75) is 31.4 Å². The lowest BCUT2D eigenvalue weighted by molar-refractivity contribution is 0.0687. The van der Waals surface area contributed by atoms with Gasteiger partial charge in [0.15, 0.2) is 0 Å². The maximum Gasteiger partial charge on any atom is 0.411 e. The summed E-state index contributed by atoms with van der Waals surface area (Å²) in [4.78, 5) is 18.6. The zero-order valence-corrected chi connectivity index (χ0v) is 20.5. The zero-order valence-electron chi connectivity index (χ0n) is 19.0. The van der Waals surface area contributed by atoms with Crippen LogP contribution in [0, 0.1) is 0 Å². The minimum Gasteiger partial charge on any atom is -0.494 e. The van der Waals surface area contributed by atoms with Crippen molar-refractivity contribution in [2.24, 2.45) is 0 Å². The average Bonchev–Trinajstić information content (AvgIpc) is 3.23. The molecule has 2 atom stereocenters. The lowest BCUT2D eigenvalue weighted by atomic mass is 9.92. The summed E-state index contributed by atoms with van der Waals surface area (Å²) < 4.78 is 24.8. The molecule has 182 valence electrons. The molecule has 5 nitrogen and oxygen atoms in total. The molecule has 0 radical (unpaired) electrons. The summed E-state index contributed by atoms with van der Waals surface area (Å²) in [6.07, 6.45) is 5.14. The number of aromatic nitrogens is 1. The summed E-state index contributed by atoms with van der Waals surface area (Å²) in [5.41, 5.74) is 3.97. The molecule has 0 spiro atoms. The maximum atomic E-state index is 13.4. The van der Waals surface area contributed by atoms with Crippen molar-refractivity contribution in [2.75, 3.05) is 19.0 Å². The molecule has 0 bridgehead atoms. The molecule has 1 amide bonds. The number of hydrogen-bond acceptors (Lipinski definition) is 3. The van der Waals surface area contributed by atoms with Crippen LogP contribution in [0.15, 0.2) is 66.5 Å². The number of halogens is 3. The molecular formula is C27H25Cl2FN2O3. The van der Waals surface area contributed by atoms with E-state index < -0.39 is 12.2 Å². The van der Waals surface area contributed by atoms with Gasteiger partial charge < -0.3 is 14.5 Å². The molecule has 2 aromatic carbocycles. The van der Waals surface area contributed by atoms with Gasteiger partial charge in [0, 0.05) is 40.5 Å². The van der Waals surface area contributed by atoms with Crippen molar-refractivity contribution < 1.29 is 18.7 Å². The first-order chi connectivity index (χ1) is 17.0. The van der Waals surface area contributed by atoms with Gasteiger partial charge in [-0.1, -0.05) is 23.7 Å². The Balaban J connectivity index is 1.48. The van der Waals surface area contributed by atoms with Crippen molar-refractivity contribution in [3.8, 4) is 5.75 Å². The summed E-state index contributed by atoms with van der Waals surface area (Å²) in [5.74, 6) is 0.972. The van der Waals surface area contributed by atoms with E-state index in [1.54, 1.807) is 11.0 Å². The van der Waals surface area contributed by atoms with E-state index in [2.05, 4.69) is 4.98 Å². The summed E-state index contributed by atoms with van der Waals surface area (Å²) in [5, 5.41) is 1.72. The Morgan fingerprint density at radius 3 is 2.77 bits per heavy atom. The predicted molar refractivity (Wildman–Crippen MR) is 136 cm³/mol. The number of hydrogen-bond donors (Lipinski definition) is 1. The molecule has 2 unspecified atom stereocenters. The molecule has 8 heteroatoms. The number of alkyl halides is 1. The van der Waals surface area contributed by atoms with Gasteiger partial charge in [-0.25, -0.2) is 9.18 Å². The van der Waals surface area contributed by atoms with E-state index in [4.69, 9.17) is 32.7 Å². The monoisotopic (exact) mass is 514 g/mol. The second-order valence-corrected chi connectivity index (χ2v) is 9.43. The molecule has 1 aromatic heterocycles. The van der Waals surface area contributed by atoms with Gasteiger partial charge in [0.2, 0.25) is 0 Å². The van der Waals surface area contributed by atoms with Gasteiger partial charge in [0.25, 0.3) is 0 Å². The van der Waals surface area contributed by atoms with Crippen molar-refractivity contribution >= 4 is 40.2 Å². The minimum absolute atomic E-state index is 0.317. The maximum absolute atomic E-state index is 13.4. The number of carbonyl (C=O) groups is 1. The number of aromatic amines is 1. The Hall–Kier alpha value is -2.96. The SMILES string of the molecule is O=C(OC1C=CC(F)=CC1)N1CCc2c([nH]c3ccc(Cl)cc23)C1c1ccc(OCCCCl)cc1. The zero-order chi connectivity index (χ0) is 24.4. The number of nitrogens with zero attached hydrogens (tertiary/aromatic N) is 1. The highest BCUT2D eigenvalue weighted by Crippen LogP contribution is 2.40. The van der Waals surface area contributed by atoms with Crippen LogP contribution >= 0.6 is 23.2 Å². The first-order valence-corrected chi connectivity index (χ1v) is 12.5. The van der Waals surface area contributed by atoms with Gasteiger partial charge >= 0.3 is 6.09 Å². The molecule has 0 fully saturated rings. The first kappa shape index (κ1) is 23.8. The number of carbonyl (C=O) groups excluding carboxylic acids is 1. The second kappa shape index (κ2) is 10.3. The lowest BCUT2D eigenvalue weighted by Crippen LogP contribution is -2.42. The van der Waals surface area contributed by atoms with E-state index in [0.717, 1.165) is 39.9 Å². The van der Waals surface area contributed by atoms with Crippen LogP contribution in [-0.4, -0.2) is 41.1 Å². The third-order valence-electron chi connectivity index (χ3n) is 6.33. The smallest absolute Gasteiger partial charge is 0.411 e. The van der Waals surface area contributed by atoms with E-state index in [9.17, 15) is 9.18 Å².